The van der Waals surface area contributed by atoms with Crippen LogP contribution in [0.5, 0.6) is 11.5 Å². The van der Waals surface area contributed by atoms with Gasteiger partial charge in [0, 0.05) is 37.3 Å². The molecule has 1 aliphatic rings. The summed E-state index contributed by atoms with van der Waals surface area (Å²) in [6.45, 7) is 10.1. The van der Waals surface area contributed by atoms with Crippen LogP contribution < -0.4 is 14.8 Å². The van der Waals surface area contributed by atoms with Crippen molar-refractivity contribution in [2.24, 2.45) is 12.0 Å². The van der Waals surface area contributed by atoms with Gasteiger partial charge >= 0.3 is 0 Å². The fourth-order valence-electron chi connectivity index (χ4n) is 3.70. The molecule has 1 aliphatic heterocycles. The second-order valence-corrected chi connectivity index (χ2v) is 8.38. The van der Waals surface area contributed by atoms with Gasteiger partial charge in [0.1, 0.15) is 6.10 Å². The second kappa shape index (κ2) is 11.7. The standard InChI is InChI=1S/C23H35N5O3.HI/c1-7-24-22(28-10-11-31-21(15-28)17-13-26-27(4)14-17)25-16-23(2,3)18-8-9-19(29-5)20(12-18)30-6;/h8-9,12-14,21H,7,10-11,15-16H2,1-6H3,(H,24,25);1H. The molecule has 3 rings (SSSR count). The molecule has 1 unspecified atom stereocenters. The molecular weight excluding hydrogens is 521 g/mol. The molecule has 0 saturated carbocycles. The summed E-state index contributed by atoms with van der Waals surface area (Å²) in [4.78, 5) is 7.27. The van der Waals surface area contributed by atoms with Crippen LogP contribution in [-0.2, 0) is 17.2 Å². The predicted octanol–water partition coefficient (Wildman–Crippen LogP) is 3.37. The normalized spacial score (nSPS) is 17.0. The summed E-state index contributed by atoms with van der Waals surface area (Å²) >= 11 is 0. The maximum Gasteiger partial charge on any atom is 0.194 e. The lowest BCUT2D eigenvalue weighted by Crippen LogP contribution is -2.48. The third-order valence-corrected chi connectivity index (χ3v) is 5.59. The summed E-state index contributed by atoms with van der Waals surface area (Å²) < 4.78 is 18.7. The maximum atomic E-state index is 5.99. The fourth-order valence-corrected chi connectivity index (χ4v) is 3.70. The van der Waals surface area contributed by atoms with E-state index in [2.05, 4.69) is 42.2 Å². The number of halogens is 1. The highest BCUT2D eigenvalue weighted by Gasteiger charge is 2.27. The molecule has 2 aromatic rings. The molecule has 0 amide bonds. The zero-order valence-corrected chi connectivity index (χ0v) is 22.3. The Balaban J connectivity index is 0.00000363. The fraction of sp³-hybridized carbons (Fsp3) is 0.565. The Bertz CT molecular complexity index is 900. The van der Waals surface area contributed by atoms with Crippen molar-refractivity contribution in [2.75, 3.05) is 47.0 Å². The van der Waals surface area contributed by atoms with Crippen LogP contribution in [0, 0.1) is 0 Å². The minimum atomic E-state index is -0.171. The molecule has 1 aromatic heterocycles. The molecule has 178 valence electrons. The Morgan fingerprint density at radius 1 is 1.28 bits per heavy atom. The lowest BCUT2D eigenvalue weighted by molar-refractivity contribution is -0.00806. The smallest absolute Gasteiger partial charge is 0.194 e. The summed E-state index contributed by atoms with van der Waals surface area (Å²) in [7, 11) is 5.23. The quantitative estimate of drug-likeness (QED) is 0.320. The van der Waals surface area contributed by atoms with Gasteiger partial charge < -0.3 is 24.4 Å². The molecule has 0 bridgehead atoms. The molecular formula is C23H36IN5O3. The number of nitrogens with one attached hydrogen (secondary N) is 1. The number of methoxy groups -OCH3 is 2. The predicted molar refractivity (Wildman–Crippen MR) is 137 cm³/mol. The van der Waals surface area contributed by atoms with Crippen LogP contribution in [-0.4, -0.2) is 67.6 Å². The monoisotopic (exact) mass is 557 g/mol. The van der Waals surface area contributed by atoms with Crippen LogP contribution in [0.4, 0.5) is 0 Å². The number of aliphatic imine (C=N–C) groups is 1. The number of rotatable bonds is 7. The molecule has 1 aromatic carbocycles. The van der Waals surface area contributed by atoms with Gasteiger partial charge in [-0.3, -0.25) is 9.67 Å². The molecule has 8 nitrogen and oxygen atoms in total. The maximum absolute atomic E-state index is 5.99. The van der Waals surface area contributed by atoms with E-state index < -0.39 is 0 Å². The van der Waals surface area contributed by atoms with Crippen molar-refractivity contribution in [1.29, 1.82) is 0 Å². The first-order chi connectivity index (χ1) is 14.9. The van der Waals surface area contributed by atoms with Gasteiger partial charge in [-0.15, -0.1) is 24.0 Å². The summed E-state index contributed by atoms with van der Waals surface area (Å²) in [5, 5.41) is 7.73. The van der Waals surface area contributed by atoms with E-state index in [-0.39, 0.29) is 35.5 Å². The molecule has 0 radical (unpaired) electrons. The number of aromatic nitrogens is 2. The molecule has 9 heteroatoms. The SMILES string of the molecule is CCNC(=NCC(C)(C)c1ccc(OC)c(OC)c1)N1CCOC(c2cnn(C)c2)C1.I. The Hall–Kier alpha value is -2.01. The van der Waals surface area contributed by atoms with E-state index >= 15 is 0 Å². The molecule has 1 N–H and O–H groups in total. The van der Waals surface area contributed by atoms with Crippen molar-refractivity contribution >= 4 is 29.9 Å². The Kier molecular flexibility index (Phi) is 9.63. The lowest BCUT2D eigenvalue weighted by Gasteiger charge is -2.35. The Morgan fingerprint density at radius 3 is 2.66 bits per heavy atom. The number of aryl methyl sites for hydroxylation is 1. The summed E-state index contributed by atoms with van der Waals surface area (Å²) in [5.74, 6) is 2.37. The van der Waals surface area contributed by atoms with Crippen molar-refractivity contribution in [2.45, 2.75) is 32.3 Å². The second-order valence-electron chi connectivity index (χ2n) is 8.38. The van der Waals surface area contributed by atoms with Gasteiger partial charge in [-0.2, -0.15) is 5.10 Å². The zero-order chi connectivity index (χ0) is 22.4. The van der Waals surface area contributed by atoms with E-state index in [9.17, 15) is 0 Å². The van der Waals surface area contributed by atoms with Gasteiger partial charge in [0.2, 0.25) is 0 Å². The van der Waals surface area contributed by atoms with Crippen molar-refractivity contribution in [3.05, 3.63) is 41.7 Å². The number of nitrogens with zero attached hydrogens (tertiary/aromatic N) is 4. The average Bonchev–Trinajstić information content (AvgIpc) is 3.22. The number of hydrogen-bond acceptors (Lipinski definition) is 5. The van der Waals surface area contributed by atoms with Gasteiger partial charge in [-0.1, -0.05) is 19.9 Å². The van der Waals surface area contributed by atoms with Crippen LogP contribution in [0.3, 0.4) is 0 Å². The van der Waals surface area contributed by atoms with E-state index in [1.54, 1.807) is 14.2 Å². The first-order valence-corrected chi connectivity index (χ1v) is 10.7. The molecule has 1 atom stereocenters. The third-order valence-electron chi connectivity index (χ3n) is 5.59. The Morgan fingerprint density at radius 2 is 2.03 bits per heavy atom. The first kappa shape index (κ1) is 26.2. The number of guanidine groups is 1. The van der Waals surface area contributed by atoms with Crippen molar-refractivity contribution in [1.82, 2.24) is 20.0 Å². The van der Waals surface area contributed by atoms with Crippen LogP contribution in [0.25, 0.3) is 0 Å². The average molecular weight is 557 g/mol. The molecule has 1 saturated heterocycles. The molecule has 32 heavy (non-hydrogen) atoms. The number of hydrogen-bond donors (Lipinski definition) is 1. The number of benzene rings is 1. The van der Waals surface area contributed by atoms with E-state index in [0.29, 0.717) is 13.2 Å². The Labute approximate surface area is 208 Å². The van der Waals surface area contributed by atoms with E-state index in [1.807, 2.05) is 36.3 Å². The largest absolute Gasteiger partial charge is 0.493 e. The van der Waals surface area contributed by atoms with Crippen molar-refractivity contribution in [3.8, 4) is 11.5 Å². The van der Waals surface area contributed by atoms with E-state index in [0.717, 1.165) is 48.2 Å². The van der Waals surface area contributed by atoms with Gasteiger partial charge in [-0.25, -0.2) is 0 Å². The number of morpholine rings is 1. The highest BCUT2D eigenvalue weighted by Crippen LogP contribution is 2.33. The molecule has 0 spiro atoms. The summed E-state index contributed by atoms with van der Waals surface area (Å²) in [6, 6.07) is 6.07. The van der Waals surface area contributed by atoms with Crippen LogP contribution in [0.15, 0.2) is 35.6 Å². The topological polar surface area (TPSA) is 73.1 Å². The van der Waals surface area contributed by atoms with Crippen LogP contribution >= 0.6 is 24.0 Å². The zero-order valence-electron chi connectivity index (χ0n) is 19.9. The lowest BCUT2D eigenvalue weighted by atomic mass is 9.84. The minimum absolute atomic E-state index is 0. The number of ether oxygens (including phenoxy) is 3. The van der Waals surface area contributed by atoms with E-state index in [4.69, 9.17) is 19.2 Å². The van der Waals surface area contributed by atoms with Gasteiger partial charge in [0.05, 0.1) is 40.1 Å². The molecule has 0 aliphatic carbocycles. The highest BCUT2D eigenvalue weighted by atomic mass is 127. The van der Waals surface area contributed by atoms with Gasteiger partial charge in [0.15, 0.2) is 17.5 Å². The van der Waals surface area contributed by atoms with Gasteiger partial charge in [0.25, 0.3) is 0 Å². The van der Waals surface area contributed by atoms with Crippen molar-refractivity contribution in [3.63, 3.8) is 0 Å². The molecule has 1 fully saturated rings. The highest BCUT2D eigenvalue weighted by molar-refractivity contribution is 14.0. The third kappa shape index (κ3) is 6.28. The summed E-state index contributed by atoms with van der Waals surface area (Å²) in [5.41, 5.74) is 2.07. The summed E-state index contributed by atoms with van der Waals surface area (Å²) in [6.07, 6.45) is 3.88. The van der Waals surface area contributed by atoms with Crippen LogP contribution in [0.2, 0.25) is 0 Å². The first-order valence-electron chi connectivity index (χ1n) is 10.7. The minimum Gasteiger partial charge on any atom is -0.493 e. The van der Waals surface area contributed by atoms with E-state index in [1.165, 1.54) is 0 Å². The van der Waals surface area contributed by atoms with Crippen LogP contribution in [0.1, 0.15) is 38.0 Å². The van der Waals surface area contributed by atoms with Crippen molar-refractivity contribution < 1.29 is 14.2 Å². The van der Waals surface area contributed by atoms with Gasteiger partial charge in [-0.05, 0) is 24.6 Å². The molecule has 2 heterocycles.